The molecule has 2 heterocycles. The Morgan fingerprint density at radius 1 is 1.42 bits per heavy atom. The molecule has 136 valence electrons. The molecule has 3 N–H and O–H groups in total. The van der Waals surface area contributed by atoms with Gasteiger partial charge in [0.05, 0.1) is 17.4 Å². The highest BCUT2D eigenvalue weighted by Crippen LogP contribution is 2.28. The normalized spacial score (nSPS) is 12.3. The summed E-state index contributed by atoms with van der Waals surface area (Å²) in [6, 6.07) is 0.761. The molecule has 0 spiro atoms. The van der Waals surface area contributed by atoms with Gasteiger partial charge in [0.2, 0.25) is 5.91 Å². The monoisotopic (exact) mass is 385 g/mol. The van der Waals surface area contributed by atoms with Crippen LogP contribution in [0.5, 0.6) is 0 Å². The fourth-order valence-corrected chi connectivity index (χ4v) is 2.09. The molecule has 1 unspecified atom stereocenters. The first kappa shape index (κ1) is 19.3. The standard InChI is InChI=1S/C15H11ClF3N5O2/c1-2-3-9(13(20)25)23-10-7-22-24(14(26)12(10)16)11-5-4-8(6-21-11)15(17,18)19/h1,4-7,9,23H,3H2,(H2,20,25). The molecule has 2 rings (SSSR count). The van der Waals surface area contributed by atoms with E-state index in [2.05, 4.69) is 21.3 Å². The second kappa shape index (κ2) is 7.45. The SMILES string of the molecule is C#CCC(Nc1cnn(-c2ccc(C(F)(F)F)cn2)c(=O)c1Cl)C(N)=O. The molecule has 26 heavy (non-hydrogen) atoms. The minimum atomic E-state index is -4.56. The second-order valence-electron chi connectivity index (χ2n) is 5.00. The summed E-state index contributed by atoms with van der Waals surface area (Å²) in [6.07, 6.45) is 2.20. The Hall–Kier alpha value is -3.06. The van der Waals surface area contributed by atoms with E-state index in [0.29, 0.717) is 10.9 Å². The lowest BCUT2D eigenvalue weighted by Gasteiger charge is -2.15. The van der Waals surface area contributed by atoms with Crippen LogP contribution in [-0.2, 0) is 11.0 Å². The van der Waals surface area contributed by atoms with Gasteiger partial charge in [0.15, 0.2) is 5.82 Å². The van der Waals surface area contributed by atoms with Crippen molar-refractivity contribution in [1.82, 2.24) is 14.8 Å². The lowest BCUT2D eigenvalue weighted by molar-refractivity contribution is -0.137. The molecule has 2 aromatic rings. The second-order valence-corrected chi connectivity index (χ2v) is 5.38. The third kappa shape index (κ3) is 4.12. The summed E-state index contributed by atoms with van der Waals surface area (Å²) >= 11 is 5.95. The topological polar surface area (TPSA) is 103 Å². The maximum absolute atomic E-state index is 12.6. The summed E-state index contributed by atoms with van der Waals surface area (Å²) in [5.74, 6) is 1.33. The van der Waals surface area contributed by atoms with Crippen LogP contribution in [0.1, 0.15) is 12.0 Å². The van der Waals surface area contributed by atoms with Crippen molar-refractivity contribution in [3.05, 3.63) is 45.5 Å². The molecule has 2 aromatic heterocycles. The van der Waals surface area contributed by atoms with E-state index in [4.69, 9.17) is 23.8 Å². The zero-order chi connectivity index (χ0) is 19.5. The third-order valence-corrected chi connectivity index (χ3v) is 3.57. The lowest BCUT2D eigenvalue weighted by atomic mass is 10.2. The van der Waals surface area contributed by atoms with Crippen LogP contribution in [-0.4, -0.2) is 26.7 Å². The lowest BCUT2D eigenvalue weighted by Crippen LogP contribution is -2.36. The maximum atomic E-state index is 12.6. The van der Waals surface area contributed by atoms with Crippen molar-refractivity contribution in [2.45, 2.75) is 18.6 Å². The summed E-state index contributed by atoms with van der Waals surface area (Å²) in [6.45, 7) is 0. The van der Waals surface area contributed by atoms with Gasteiger partial charge in [-0.1, -0.05) is 11.6 Å². The van der Waals surface area contributed by atoms with E-state index in [0.717, 1.165) is 18.3 Å². The number of carbonyl (C=O) groups is 1. The van der Waals surface area contributed by atoms with Crippen LogP contribution in [0.3, 0.4) is 0 Å². The molecular formula is C15H11ClF3N5O2. The molecule has 0 radical (unpaired) electrons. The van der Waals surface area contributed by atoms with Gasteiger partial charge < -0.3 is 11.1 Å². The first-order valence-corrected chi connectivity index (χ1v) is 7.33. The van der Waals surface area contributed by atoms with E-state index in [1.54, 1.807) is 0 Å². The van der Waals surface area contributed by atoms with Gasteiger partial charge in [-0.2, -0.15) is 23.0 Å². The smallest absolute Gasteiger partial charge is 0.370 e. The van der Waals surface area contributed by atoms with Gasteiger partial charge in [-0.05, 0) is 12.1 Å². The van der Waals surface area contributed by atoms with Crippen molar-refractivity contribution in [2.24, 2.45) is 5.73 Å². The number of anilines is 1. The van der Waals surface area contributed by atoms with Crippen molar-refractivity contribution in [3.8, 4) is 18.2 Å². The van der Waals surface area contributed by atoms with Crippen molar-refractivity contribution in [2.75, 3.05) is 5.32 Å². The Balaban J connectivity index is 2.37. The summed E-state index contributed by atoms with van der Waals surface area (Å²) in [7, 11) is 0. The number of halogens is 4. The highest BCUT2D eigenvalue weighted by atomic mass is 35.5. The molecule has 0 aliphatic heterocycles. The van der Waals surface area contributed by atoms with E-state index < -0.39 is 29.2 Å². The molecule has 0 saturated heterocycles. The van der Waals surface area contributed by atoms with Crippen LogP contribution in [0.25, 0.3) is 5.82 Å². The number of terminal acetylenes is 1. The molecule has 11 heteroatoms. The van der Waals surface area contributed by atoms with Crippen LogP contribution in [0.15, 0.2) is 29.3 Å². The Morgan fingerprint density at radius 3 is 2.62 bits per heavy atom. The minimum Gasteiger partial charge on any atom is -0.370 e. The number of nitrogens with one attached hydrogen (secondary N) is 1. The van der Waals surface area contributed by atoms with Crippen molar-refractivity contribution < 1.29 is 18.0 Å². The van der Waals surface area contributed by atoms with E-state index in [1.807, 2.05) is 0 Å². The molecule has 7 nitrogen and oxygen atoms in total. The van der Waals surface area contributed by atoms with Gasteiger partial charge in [0, 0.05) is 12.6 Å². The van der Waals surface area contributed by atoms with Crippen LogP contribution >= 0.6 is 11.6 Å². The first-order chi connectivity index (χ1) is 12.1. The third-order valence-electron chi connectivity index (χ3n) is 3.21. The number of hydrogen-bond acceptors (Lipinski definition) is 5. The zero-order valence-corrected chi connectivity index (χ0v) is 13.7. The highest BCUT2D eigenvalue weighted by molar-refractivity contribution is 6.33. The van der Waals surface area contributed by atoms with Crippen LogP contribution in [0.2, 0.25) is 5.02 Å². The number of carbonyl (C=O) groups excluding carboxylic acids is 1. The number of alkyl halides is 3. The van der Waals surface area contributed by atoms with Gasteiger partial charge >= 0.3 is 6.18 Å². The Kier molecular flexibility index (Phi) is 5.52. The molecule has 0 aliphatic rings. The molecule has 1 atom stereocenters. The Labute approximate surface area is 150 Å². The fraction of sp³-hybridized carbons (Fsp3) is 0.200. The number of hydrogen-bond donors (Lipinski definition) is 2. The average molecular weight is 386 g/mol. The van der Waals surface area contributed by atoms with E-state index >= 15 is 0 Å². The van der Waals surface area contributed by atoms with Gasteiger partial charge in [-0.15, -0.1) is 12.3 Å². The molecule has 1 amide bonds. The van der Waals surface area contributed by atoms with Crippen molar-refractivity contribution >= 4 is 23.2 Å². The van der Waals surface area contributed by atoms with Crippen LogP contribution < -0.4 is 16.6 Å². The predicted octanol–water partition coefficient (Wildman–Crippen LogP) is 1.59. The number of nitrogens with two attached hydrogens (primary N) is 1. The fourth-order valence-electron chi connectivity index (χ4n) is 1.90. The van der Waals surface area contributed by atoms with Crippen molar-refractivity contribution in [3.63, 3.8) is 0 Å². The van der Waals surface area contributed by atoms with Gasteiger partial charge in [0.25, 0.3) is 5.56 Å². The van der Waals surface area contributed by atoms with Gasteiger partial charge in [0.1, 0.15) is 11.1 Å². The van der Waals surface area contributed by atoms with Crippen molar-refractivity contribution in [1.29, 1.82) is 0 Å². The number of aromatic nitrogens is 3. The van der Waals surface area contributed by atoms with E-state index in [-0.39, 0.29) is 22.9 Å². The first-order valence-electron chi connectivity index (χ1n) is 6.96. The Morgan fingerprint density at radius 2 is 2.12 bits per heavy atom. The number of rotatable bonds is 5. The van der Waals surface area contributed by atoms with Crippen LogP contribution in [0, 0.1) is 12.3 Å². The summed E-state index contributed by atoms with van der Waals surface area (Å²) < 4.78 is 38.4. The molecule has 0 aromatic carbocycles. The van der Waals surface area contributed by atoms with Gasteiger partial charge in [-0.25, -0.2) is 4.98 Å². The van der Waals surface area contributed by atoms with E-state index in [1.165, 1.54) is 0 Å². The molecular weight excluding hydrogens is 375 g/mol. The predicted molar refractivity (Wildman–Crippen MR) is 87.7 cm³/mol. The summed E-state index contributed by atoms with van der Waals surface area (Å²) in [5.41, 5.74) is 3.35. The summed E-state index contributed by atoms with van der Waals surface area (Å²) in [4.78, 5) is 27.2. The van der Waals surface area contributed by atoms with Crippen LogP contribution in [0.4, 0.5) is 18.9 Å². The molecule has 0 fully saturated rings. The van der Waals surface area contributed by atoms with E-state index in [9.17, 15) is 22.8 Å². The van der Waals surface area contributed by atoms with Gasteiger partial charge in [-0.3, -0.25) is 9.59 Å². The number of nitrogens with zero attached hydrogens (tertiary/aromatic N) is 3. The summed E-state index contributed by atoms with van der Waals surface area (Å²) in [5, 5.41) is 6.03. The molecule has 0 aliphatic carbocycles. The largest absolute Gasteiger partial charge is 0.417 e. The zero-order valence-electron chi connectivity index (χ0n) is 12.9. The average Bonchev–Trinajstić information content (AvgIpc) is 2.57. The molecule has 0 saturated carbocycles. The number of primary amides is 1. The number of pyridine rings is 1. The number of amides is 1. The highest BCUT2D eigenvalue weighted by Gasteiger charge is 2.30. The Bertz CT molecular complexity index is 919. The molecule has 0 bridgehead atoms. The maximum Gasteiger partial charge on any atom is 0.417 e. The minimum absolute atomic E-state index is 0.00104. The quantitative estimate of drug-likeness (QED) is 0.761.